The summed E-state index contributed by atoms with van der Waals surface area (Å²) in [6.07, 6.45) is 0. The number of thioether (sulfide) groups is 1. The van der Waals surface area contributed by atoms with Crippen LogP contribution in [0, 0.1) is 13.8 Å². The number of rotatable bonds is 6. The number of aryl methyl sites for hydroxylation is 2. The molecule has 120 valence electrons. The second-order valence-electron chi connectivity index (χ2n) is 4.77. The van der Waals surface area contributed by atoms with E-state index in [4.69, 9.17) is 25.3 Å². The molecule has 0 spiro atoms. The van der Waals surface area contributed by atoms with E-state index in [9.17, 15) is 0 Å². The van der Waals surface area contributed by atoms with E-state index in [-0.39, 0.29) is 6.61 Å². The smallest absolute Gasteiger partial charge is 0.277 e. The van der Waals surface area contributed by atoms with Crippen molar-refractivity contribution in [2.45, 2.75) is 31.4 Å². The Labute approximate surface area is 142 Å². The Morgan fingerprint density at radius 2 is 2.04 bits per heavy atom. The second-order valence-corrected chi connectivity index (χ2v) is 6.11. The summed E-state index contributed by atoms with van der Waals surface area (Å²) in [7, 11) is 0. The SMILES string of the molecule is Cc1noc(C)c1CSc1nnc(COc2ccccc2Cl)o1. The molecule has 0 saturated carbocycles. The highest BCUT2D eigenvalue weighted by molar-refractivity contribution is 7.98. The number of hydrogen-bond donors (Lipinski definition) is 0. The normalized spacial score (nSPS) is 10.9. The van der Waals surface area contributed by atoms with Crippen LogP contribution in [0.3, 0.4) is 0 Å². The van der Waals surface area contributed by atoms with E-state index < -0.39 is 0 Å². The van der Waals surface area contributed by atoms with Crippen LogP contribution in [0.5, 0.6) is 5.75 Å². The highest BCUT2D eigenvalue weighted by atomic mass is 35.5. The molecule has 2 heterocycles. The molecular formula is C15H14ClN3O3S. The fraction of sp³-hybridized carbons (Fsp3) is 0.267. The molecule has 0 fully saturated rings. The maximum Gasteiger partial charge on any atom is 0.277 e. The van der Waals surface area contributed by atoms with Crippen LogP contribution in [0.2, 0.25) is 5.02 Å². The van der Waals surface area contributed by atoms with Crippen molar-refractivity contribution in [3.05, 3.63) is 52.2 Å². The van der Waals surface area contributed by atoms with Gasteiger partial charge >= 0.3 is 0 Å². The highest BCUT2D eigenvalue weighted by Gasteiger charge is 2.13. The first-order chi connectivity index (χ1) is 11.1. The van der Waals surface area contributed by atoms with Crippen molar-refractivity contribution >= 4 is 23.4 Å². The van der Waals surface area contributed by atoms with Gasteiger partial charge in [0.1, 0.15) is 11.5 Å². The van der Waals surface area contributed by atoms with Gasteiger partial charge in [-0.3, -0.25) is 0 Å². The zero-order chi connectivity index (χ0) is 16.2. The van der Waals surface area contributed by atoms with E-state index in [0.29, 0.717) is 27.6 Å². The minimum Gasteiger partial charge on any atom is -0.482 e. The minimum atomic E-state index is 0.169. The fourth-order valence-electron chi connectivity index (χ4n) is 1.90. The molecule has 0 saturated heterocycles. The lowest BCUT2D eigenvalue weighted by Crippen LogP contribution is -1.95. The number of halogens is 1. The molecule has 0 aliphatic carbocycles. The van der Waals surface area contributed by atoms with Gasteiger partial charge in [-0.1, -0.05) is 40.7 Å². The van der Waals surface area contributed by atoms with Gasteiger partial charge in [-0.2, -0.15) is 0 Å². The zero-order valence-corrected chi connectivity index (χ0v) is 14.1. The first-order valence-corrected chi connectivity index (χ1v) is 8.24. The van der Waals surface area contributed by atoms with Crippen LogP contribution in [0.15, 0.2) is 38.4 Å². The molecule has 0 bridgehead atoms. The Balaban J connectivity index is 1.57. The molecule has 0 amide bonds. The van der Waals surface area contributed by atoms with Crippen LogP contribution in [0.1, 0.15) is 22.9 Å². The quantitative estimate of drug-likeness (QED) is 0.616. The van der Waals surface area contributed by atoms with Crippen molar-refractivity contribution in [3.8, 4) is 5.75 Å². The molecule has 3 rings (SSSR count). The summed E-state index contributed by atoms with van der Waals surface area (Å²) in [5.74, 6) is 2.44. The fourth-order valence-corrected chi connectivity index (χ4v) is 3.02. The van der Waals surface area contributed by atoms with Crippen LogP contribution in [-0.4, -0.2) is 15.4 Å². The summed E-state index contributed by atoms with van der Waals surface area (Å²) in [6, 6.07) is 7.23. The number of para-hydroxylation sites is 1. The molecule has 0 radical (unpaired) electrons. The van der Waals surface area contributed by atoms with Crippen LogP contribution in [-0.2, 0) is 12.4 Å². The van der Waals surface area contributed by atoms with Gasteiger partial charge in [-0.05, 0) is 26.0 Å². The lowest BCUT2D eigenvalue weighted by atomic mass is 10.2. The molecule has 0 aliphatic rings. The molecule has 23 heavy (non-hydrogen) atoms. The Kier molecular flexibility index (Phi) is 4.88. The van der Waals surface area contributed by atoms with Gasteiger partial charge in [0.05, 0.1) is 10.7 Å². The van der Waals surface area contributed by atoms with Crippen LogP contribution >= 0.6 is 23.4 Å². The zero-order valence-electron chi connectivity index (χ0n) is 12.6. The third kappa shape index (κ3) is 3.86. The van der Waals surface area contributed by atoms with E-state index in [1.165, 1.54) is 11.8 Å². The molecule has 0 unspecified atom stereocenters. The van der Waals surface area contributed by atoms with Crippen molar-refractivity contribution in [1.29, 1.82) is 0 Å². The van der Waals surface area contributed by atoms with Gasteiger partial charge < -0.3 is 13.7 Å². The Morgan fingerprint density at radius 1 is 1.22 bits per heavy atom. The van der Waals surface area contributed by atoms with Crippen LogP contribution in [0.4, 0.5) is 0 Å². The average molecular weight is 352 g/mol. The number of nitrogens with zero attached hydrogens (tertiary/aromatic N) is 3. The van der Waals surface area contributed by atoms with Crippen LogP contribution in [0.25, 0.3) is 0 Å². The Hall–Kier alpha value is -1.99. The van der Waals surface area contributed by atoms with E-state index in [1.54, 1.807) is 12.1 Å². The average Bonchev–Trinajstić information content (AvgIpc) is 3.12. The summed E-state index contributed by atoms with van der Waals surface area (Å²) < 4.78 is 16.2. The van der Waals surface area contributed by atoms with Crippen molar-refractivity contribution in [2.75, 3.05) is 0 Å². The van der Waals surface area contributed by atoms with Crippen molar-refractivity contribution in [3.63, 3.8) is 0 Å². The summed E-state index contributed by atoms with van der Waals surface area (Å²) in [4.78, 5) is 0. The predicted octanol–water partition coefficient (Wildman–Crippen LogP) is 4.20. The largest absolute Gasteiger partial charge is 0.482 e. The highest BCUT2D eigenvalue weighted by Crippen LogP contribution is 2.26. The predicted molar refractivity (Wildman–Crippen MR) is 85.6 cm³/mol. The molecule has 6 nitrogen and oxygen atoms in total. The lowest BCUT2D eigenvalue weighted by molar-refractivity contribution is 0.252. The number of hydrogen-bond acceptors (Lipinski definition) is 7. The van der Waals surface area contributed by atoms with E-state index >= 15 is 0 Å². The monoisotopic (exact) mass is 351 g/mol. The van der Waals surface area contributed by atoms with E-state index in [2.05, 4.69) is 15.4 Å². The van der Waals surface area contributed by atoms with Crippen molar-refractivity contribution in [1.82, 2.24) is 15.4 Å². The second kappa shape index (κ2) is 7.06. The number of ether oxygens (including phenoxy) is 1. The van der Waals surface area contributed by atoms with Gasteiger partial charge in [-0.25, -0.2) is 0 Å². The molecule has 0 aliphatic heterocycles. The Bertz CT molecular complexity index is 783. The Morgan fingerprint density at radius 3 is 2.78 bits per heavy atom. The number of benzene rings is 1. The molecule has 2 aromatic heterocycles. The third-order valence-corrected chi connectivity index (χ3v) is 4.31. The van der Waals surface area contributed by atoms with Crippen molar-refractivity contribution < 1.29 is 13.7 Å². The summed E-state index contributed by atoms with van der Waals surface area (Å²) >= 11 is 7.45. The van der Waals surface area contributed by atoms with Gasteiger partial charge in [0.2, 0.25) is 0 Å². The van der Waals surface area contributed by atoms with Crippen LogP contribution < -0.4 is 4.74 Å². The summed E-state index contributed by atoms with van der Waals surface area (Å²) in [5, 5.41) is 12.9. The minimum absolute atomic E-state index is 0.169. The topological polar surface area (TPSA) is 74.2 Å². The number of aromatic nitrogens is 3. The maximum atomic E-state index is 6.02. The van der Waals surface area contributed by atoms with E-state index in [1.807, 2.05) is 26.0 Å². The van der Waals surface area contributed by atoms with Gasteiger partial charge in [0, 0.05) is 11.3 Å². The molecule has 0 N–H and O–H groups in total. The standard InChI is InChI=1S/C15H14ClN3O3S/c1-9-11(10(2)22-19-9)8-23-15-18-17-14(21-15)7-20-13-6-4-3-5-12(13)16/h3-6H,7-8H2,1-2H3. The van der Waals surface area contributed by atoms with E-state index in [0.717, 1.165) is 17.0 Å². The van der Waals surface area contributed by atoms with Gasteiger partial charge in [0.15, 0.2) is 6.61 Å². The maximum absolute atomic E-state index is 6.02. The van der Waals surface area contributed by atoms with Gasteiger partial charge in [0.25, 0.3) is 11.1 Å². The molecular weight excluding hydrogens is 338 g/mol. The van der Waals surface area contributed by atoms with Crippen molar-refractivity contribution in [2.24, 2.45) is 0 Å². The first kappa shape index (κ1) is 15.9. The molecule has 0 atom stereocenters. The summed E-state index contributed by atoms with van der Waals surface area (Å²) in [5.41, 5.74) is 1.92. The molecule has 8 heteroatoms. The third-order valence-electron chi connectivity index (χ3n) is 3.16. The first-order valence-electron chi connectivity index (χ1n) is 6.87. The lowest BCUT2D eigenvalue weighted by Gasteiger charge is -2.04. The molecule has 1 aromatic carbocycles. The molecule has 3 aromatic rings. The summed E-state index contributed by atoms with van der Waals surface area (Å²) in [6.45, 7) is 3.96. The van der Waals surface area contributed by atoms with Gasteiger partial charge in [-0.15, -0.1) is 10.2 Å².